The molecule has 0 aliphatic heterocycles. The summed E-state index contributed by atoms with van der Waals surface area (Å²) in [6, 6.07) is 8.61. The van der Waals surface area contributed by atoms with Gasteiger partial charge in [-0.15, -0.1) is 0 Å². The van der Waals surface area contributed by atoms with Crippen LogP contribution in [0.25, 0.3) is 0 Å². The van der Waals surface area contributed by atoms with Crippen molar-refractivity contribution in [2.75, 3.05) is 43.1 Å². The fraction of sp³-hybridized carbons (Fsp3) is 0.400. The number of hydrogen-bond acceptors (Lipinski definition) is 9. The lowest BCUT2D eigenvalue weighted by atomic mass is 10.1. The van der Waals surface area contributed by atoms with E-state index in [1.165, 1.54) is 6.20 Å². The van der Waals surface area contributed by atoms with Gasteiger partial charge in [-0.2, -0.15) is 4.98 Å². The molecule has 0 saturated carbocycles. The maximum Gasteiger partial charge on any atom is 0.253 e. The van der Waals surface area contributed by atoms with Gasteiger partial charge in [0, 0.05) is 29.5 Å². The lowest BCUT2D eigenvalue weighted by Crippen LogP contribution is -2.41. The van der Waals surface area contributed by atoms with Gasteiger partial charge in [-0.3, -0.25) is 14.4 Å². The van der Waals surface area contributed by atoms with E-state index in [4.69, 9.17) is 0 Å². The number of carbonyl (C=O) groups is 1. The minimum Gasteiger partial charge on any atom is -0.375 e. The molecule has 0 aliphatic rings. The van der Waals surface area contributed by atoms with Gasteiger partial charge in [-0.1, -0.05) is 0 Å². The molecule has 0 unspecified atom stereocenters. The molecule has 35 heavy (non-hydrogen) atoms. The highest BCUT2D eigenvalue weighted by Gasteiger charge is 2.25. The Labute approximate surface area is 204 Å². The highest BCUT2D eigenvalue weighted by Crippen LogP contribution is 2.23. The molecule has 1 aromatic heterocycles. The molecule has 10 nitrogen and oxygen atoms in total. The molecule has 1 heterocycles. The Bertz CT molecular complexity index is 1220. The molecule has 10 heteroatoms. The Morgan fingerprint density at radius 1 is 0.943 bits per heavy atom. The fourth-order valence-electron chi connectivity index (χ4n) is 3.31. The van der Waals surface area contributed by atoms with E-state index >= 15 is 0 Å². The van der Waals surface area contributed by atoms with Crippen LogP contribution in [0, 0.1) is 0 Å². The molecule has 0 spiro atoms. The van der Waals surface area contributed by atoms with Gasteiger partial charge >= 0.3 is 0 Å². The summed E-state index contributed by atoms with van der Waals surface area (Å²) >= 11 is 0. The first kappa shape index (κ1) is 25.8. The summed E-state index contributed by atoms with van der Waals surface area (Å²) in [6.07, 6.45) is 3.49. The van der Waals surface area contributed by atoms with Gasteiger partial charge in [0.15, 0.2) is 0 Å². The first-order chi connectivity index (χ1) is 16.5. The maximum atomic E-state index is 12.3. The highest BCUT2D eigenvalue weighted by molar-refractivity contribution is 5.94. The number of aromatic nitrogens is 2. The van der Waals surface area contributed by atoms with Crippen molar-refractivity contribution in [2.24, 2.45) is 0 Å². The highest BCUT2D eigenvalue weighted by atomic mass is 16.2. The Hall–Kier alpha value is -3.79. The molecule has 0 aliphatic carbocycles. The van der Waals surface area contributed by atoms with Crippen LogP contribution in [0.5, 0.6) is 0 Å². The summed E-state index contributed by atoms with van der Waals surface area (Å²) in [7, 11) is 4.06. The normalized spacial score (nSPS) is 11.5. The predicted octanol–water partition coefficient (Wildman–Crippen LogP) is 2.84. The molecule has 0 atom stereocenters. The number of nitrogens with one attached hydrogen (secondary N) is 4. The minimum atomic E-state index is -0.587. The molecule has 3 aromatic rings. The van der Waals surface area contributed by atoms with E-state index < -0.39 is 10.9 Å². The Kier molecular flexibility index (Phi) is 8.18. The average molecular weight is 480 g/mol. The predicted molar refractivity (Wildman–Crippen MR) is 140 cm³/mol. The van der Waals surface area contributed by atoms with Crippen LogP contribution < -0.4 is 32.1 Å². The van der Waals surface area contributed by atoms with Crippen LogP contribution in [0.3, 0.4) is 0 Å². The van der Waals surface area contributed by atoms with Gasteiger partial charge in [0.2, 0.25) is 5.95 Å². The topological polar surface area (TPSA) is 128 Å². The van der Waals surface area contributed by atoms with Gasteiger partial charge in [0.25, 0.3) is 16.8 Å². The van der Waals surface area contributed by atoms with E-state index in [0.29, 0.717) is 29.6 Å². The molecule has 2 aromatic carbocycles. The number of nitrogens with zero attached hydrogens (tertiary/aromatic N) is 3. The summed E-state index contributed by atoms with van der Waals surface area (Å²) in [6.45, 7) is 7.35. The molecular formula is C25H33N7O3. The number of carbonyl (C=O) groups excluding carboxylic acids is 1. The first-order valence-electron chi connectivity index (χ1n) is 11.5. The van der Waals surface area contributed by atoms with E-state index in [1.807, 2.05) is 34.9 Å². The third kappa shape index (κ3) is 7.35. The van der Waals surface area contributed by atoms with Crippen LogP contribution in [-0.4, -0.2) is 53.5 Å². The molecule has 186 valence electrons. The second-order valence-corrected chi connectivity index (χ2v) is 9.64. The molecule has 4 N–H and O–H groups in total. The van der Waals surface area contributed by atoms with E-state index in [-0.39, 0.29) is 22.8 Å². The van der Waals surface area contributed by atoms with Crippen molar-refractivity contribution in [3.8, 4) is 0 Å². The molecule has 0 saturated heterocycles. The smallest absolute Gasteiger partial charge is 0.253 e. The van der Waals surface area contributed by atoms with Crippen LogP contribution in [0.2, 0.25) is 0 Å². The summed E-state index contributed by atoms with van der Waals surface area (Å²) in [5, 5.41) is 12.0. The molecule has 1 amide bonds. The van der Waals surface area contributed by atoms with Gasteiger partial charge in [-0.05, 0) is 84.6 Å². The van der Waals surface area contributed by atoms with E-state index in [1.54, 1.807) is 30.3 Å². The number of benzene rings is 1. The van der Waals surface area contributed by atoms with Crippen LogP contribution in [0.1, 0.15) is 44.0 Å². The van der Waals surface area contributed by atoms with Crippen molar-refractivity contribution in [1.29, 1.82) is 0 Å². The molecular weight excluding hydrogens is 446 g/mol. The zero-order valence-corrected chi connectivity index (χ0v) is 20.9. The zero-order valence-electron chi connectivity index (χ0n) is 20.9. The molecule has 0 fully saturated rings. The van der Waals surface area contributed by atoms with Gasteiger partial charge < -0.3 is 26.2 Å². The van der Waals surface area contributed by atoms with Crippen molar-refractivity contribution in [3.63, 3.8) is 0 Å². The average Bonchev–Trinajstić information content (AvgIpc) is 2.80. The van der Waals surface area contributed by atoms with Crippen LogP contribution >= 0.6 is 0 Å². The van der Waals surface area contributed by atoms with Gasteiger partial charge in [0.1, 0.15) is 17.2 Å². The number of anilines is 5. The van der Waals surface area contributed by atoms with E-state index in [0.717, 1.165) is 19.4 Å². The van der Waals surface area contributed by atoms with E-state index in [2.05, 4.69) is 36.1 Å². The maximum absolute atomic E-state index is 12.3. The second-order valence-electron chi connectivity index (χ2n) is 9.64. The lowest BCUT2D eigenvalue weighted by Gasteiger charge is -2.24. The number of unbranched alkanes of at least 4 members (excludes halogenated alkanes) is 1. The third-order valence-corrected chi connectivity index (χ3v) is 5.04. The van der Waals surface area contributed by atoms with Gasteiger partial charge in [0.05, 0.1) is 0 Å². The summed E-state index contributed by atoms with van der Waals surface area (Å²) in [4.78, 5) is 47.0. The van der Waals surface area contributed by atoms with Crippen molar-refractivity contribution >= 4 is 34.7 Å². The van der Waals surface area contributed by atoms with Crippen molar-refractivity contribution in [2.45, 2.75) is 39.2 Å². The second kappa shape index (κ2) is 11.1. The lowest BCUT2D eigenvalue weighted by molar-refractivity contribution is 0.0953. The quantitative estimate of drug-likeness (QED) is 0.242. The van der Waals surface area contributed by atoms with Crippen LogP contribution in [-0.2, 0) is 0 Å². The molecule has 0 bridgehead atoms. The molecule has 3 rings (SSSR count). The van der Waals surface area contributed by atoms with E-state index in [9.17, 15) is 14.4 Å². The number of amides is 1. The SMILES string of the molecule is CN(C)CCCCNC(=O)c1ccc(Nc2nccc(Nc3c(NC(C)(C)C)c(=O)c3=O)n2)cc1. The summed E-state index contributed by atoms with van der Waals surface area (Å²) < 4.78 is 0. The zero-order chi connectivity index (χ0) is 25.6. The first-order valence-corrected chi connectivity index (χ1v) is 11.5. The fourth-order valence-corrected chi connectivity index (χ4v) is 3.31. The third-order valence-electron chi connectivity index (χ3n) is 5.04. The Morgan fingerprint density at radius 3 is 2.29 bits per heavy atom. The van der Waals surface area contributed by atoms with Crippen LogP contribution in [0.15, 0.2) is 46.1 Å². The minimum absolute atomic E-state index is 0.114. The van der Waals surface area contributed by atoms with Crippen LogP contribution in [0.4, 0.5) is 28.8 Å². The monoisotopic (exact) mass is 479 g/mol. The molecule has 0 radical (unpaired) electrons. The Balaban J connectivity index is 1.59. The number of rotatable bonds is 11. The summed E-state index contributed by atoms with van der Waals surface area (Å²) in [5.41, 5.74) is 0.205. The largest absolute Gasteiger partial charge is 0.375 e. The van der Waals surface area contributed by atoms with Crippen molar-refractivity contribution in [1.82, 2.24) is 20.2 Å². The number of hydrogen-bond donors (Lipinski definition) is 4. The van der Waals surface area contributed by atoms with Gasteiger partial charge in [-0.25, -0.2) is 4.98 Å². The van der Waals surface area contributed by atoms with Crippen molar-refractivity contribution < 1.29 is 4.79 Å². The standard InChI is InChI=1S/C25H33N7O3/c1-25(2,3)31-20-19(21(33)22(20)34)29-18-12-14-27-24(30-18)28-17-10-8-16(9-11-17)23(35)26-13-6-7-15-32(4)5/h8-12,14,31H,6-7,13,15H2,1-5H3,(H,26,35)(H2,27,28,29,30). The van der Waals surface area contributed by atoms with Crippen molar-refractivity contribution in [3.05, 3.63) is 62.5 Å². The summed E-state index contributed by atoms with van der Waals surface area (Å²) in [5.74, 6) is 0.561. The Morgan fingerprint density at radius 2 is 1.63 bits per heavy atom.